The fourth-order valence-corrected chi connectivity index (χ4v) is 7.83. The first-order chi connectivity index (χ1) is 27.5. The molecule has 3 aliphatic heterocycles. The van der Waals surface area contributed by atoms with Gasteiger partial charge in [0.2, 0.25) is 18.2 Å². The second kappa shape index (κ2) is 18.5. The van der Waals surface area contributed by atoms with Crippen LogP contribution in [0, 0.1) is 18.4 Å². The Bertz CT molecular complexity index is 1980. The molecule has 3 aromatic rings. The van der Waals surface area contributed by atoms with Crippen LogP contribution >= 0.6 is 0 Å². The maximum Gasteiger partial charge on any atom is 0.280 e. The molecule has 2 fully saturated rings. The van der Waals surface area contributed by atoms with Crippen LogP contribution in [0.5, 0.6) is 0 Å². The highest BCUT2D eigenvalue weighted by molar-refractivity contribution is 5.95. The zero-order valence-corrected chi connectivity index (χ0v) is 34.0. The number of nitrogens with one attached hydrogen (secondary N) is 3. The van der Waals surface area contributed by atoms with Gasteiger partial charge in [-0.1, -0.05) is 76.2 Å². The summed E-state index contributed by atoms with van der Waals surface area (Å²) in [5, 5.41) is 10.7. The Morgan fingerprint density at radius 1 is 0.947 bits per heavy atom. The number of guanidine groups is 1. The molecule has 57 heavy (non-hydrogen) atoms. The number of aromatic nitrogens is 2. The number of benzene rings is 2. The Kier molecular flexibility index (Phi) is 13.2. The van der Waals surface area contributed by atoms with Gasteiger partial charge in [0, 0.05) is 27.2 Å². The molecule has 1 unspecified atom stereocenters. The van der Waals surface area contributed by atoms with Gasteiger partial charge in [0.1, 0.15) is 28.8 Å². The number of carbonyl (C=O) groups excluding carboxylic acids is 2. The first-order valence-electron chi connectivity index (χ1n) is 19.8. The summed E-state index contributed by atoms with van der Waals surface area (Å²) in [5.41, 5.74) is 5.24. The number of likely N-dealkylation sites (tertiary alicyclic amines) is 2. The van der Waals surface area contributed by atoms with Gasteiger partial charge in [-0.2, -0.15) is 11.5 Å². The topological polar surface area (TPSA) is 156 Å². The smallest absolute Gasteiger partial charge is 0.280 e. The summed E-state index contributed by atoms with van der Waals surface area (Å²) in [5.74, 6) is 1.92. The largest absolute Gasteiger partial charge is 0.363 e. The Hall–Kier alpha value is -5.75. The third-order valence-corrected chi connectivity index (χ3v) is 10.9. The molecule has 15 heteroatoms. The molecule has 3 aliphatic rings. The van der Waals surface area contributed by atoms with E-state index in [1.165, 1.54) is 13.5 Å². The van der Waals surface area contributed by atoms with Gasteiger partial charge in [0.15, 0.2) is 0 Å². The standard InChI is InChI=1S/C42H55N11O4/c1-26(2)36(46-25-57-56-8)40(54)52-21-9-11-34(52)38-44-23-32(47-38)30-17-13-28(14-18-30)29-15-19-31(20-16-29)33-24-45-39(48-33)35-12-10-22-53(35)41(55)37(27(3)4)49-42(50-43-5)51(6)7/h13-20,24-27,32,34-37H,9-12,21-23H2,1-4,6-8H3,(H,44,47)(H,45,48)(H,49,50)/b46-25-/t32?,34-,35-,36-,37-/m0/s1. The van der Waals surface area contributed by atoms with E-state index in [0.717, 1.165) is 65.3 Å². The number of hydrogen-bond acceptors (Lipinski definition) is 9. The molecule has 2 saturated heterocycles. The van der Waals surface area contributed by atoms with Crippen molar-refractivity contribution < 1.29 is 19.4 Å². The fraction of sp³-hybridized carbons (Fsp3) is 0.500. The van der Waals surface area contributed by atoms with Crippen LogP contribution in [0.2, 0.25) is 0 Å². The Balaban J connectivity index is 1.07. The summed E-state index contributed by atoms with van der Waals surface area (Å²) in [7, 11) is 4.99. The van der Waals surface area contributed by atoms with Crippen LogP contribution < -0.4 is 10.6 Å². The van der Waals surface area contributed by atoms with Crippen molar-refractivity contribution in [2.24, 2.45) is 26.9 Å². The van der Waals surface area contributed by atoms with Gasteiger partial charge in [-0.3, -0.25) is 14.6 Å². The number of H-pyrrole nitrogens is 1. The second-order valence-corrected chi connectivity index (χ2v) is 15.7. The monoisotopic (exact) mass is 777 g/mol. The van der Waals surface area contributed by atoms with Crippen LogP contribution in [0.25, 0.3) is 27.3 Å². The van der Waals surface area contributed by atoms with E-state index in [2.05, 4.69) is 84.1 Å². The number of amides is 2. The molecule has 4 heterocycles. The summed E-state index contributed by atoms with van der Waals surface area (Å²) in [4.78, 5) is 63.0. The van der Waals surface area contributed by atoms with E-state index in [9.17, 15) is 9.59 Å². The van der Waals surface area contributed by atoms with Gasteiger partial charge in [-0.25, -0.2) is 9.98 Å². The lowest BCUT2D eigenvalue weighted by molar-refractivity contribution is -0.188. The number of aliphatic imine (C=N–C) groups is 2. The lowest BCUT2D eigenvalue weighted by Crippen LogP contribution is -2.53. The molecular formula is C42H55N11O4. The number of amidine groups is 1. The van der Waals surface area contributed by atoms with E-state index in [1.54, 1.807) is 19.0 Å². The number of nitrogens with zero attached hydrogens (tertiary/aromatic N) is 8. The minimum absolute atomic E-state index is 0.00416. The molecule has 15 nitrogen and oxygen atoms in total. The highest BCUT2D eigenvalue weighted by Crippen LogP contribution is 2.34. The minimum atomic E-state index is -0.556. The van der Waals surface area contributed by atoms with Crippen LogP contribution in [-0.4, -0.2) is 114 Å². The average Bonchev–Trinajstić information content (AvgIpc) is 4.04. The van der Waals surface area contributed by atoms with Crippen molar-refractivity contribution in [3.8, 4) is 22.4 Å². The van der Waals surface area contributed by atoms with Gasteiger partial charge in [0.05, 0.1) is 43.7 Å². The normalized spacial score (nSPS) is 20.8. The minimum Gasteiger partial charge on any atom is -0.363 e. The number of hydrogen-bond donors (Lipinski definition) is 3. The first kappa shape index (κ1) is 40.9. The van der Waals surface area contributed by atoms with Crippen LogP contribution in [0.15, 0.2) is 69.8 Å². The van der Waals surface area contributed by atoms with Crippen LogP contribution in [0.3, 0.4) is 0 Å². The van der Waals surface area contributed by atoms with E-state index in [4.69, 9.17) is 21.4 Å². The molecule has 0 aliphatic carbocycles. The van der Waals surface area contributed by atoms with E-state index < -0.39 is 12.1 Å². The van der Waals surface area contributed by atoms with Crippen LogP contribution in [0.1, 0.15) is 76.8 Å². The molecule has 0 radical (unpaired) electrons. The molecule has 2 aromatic carbocycles. The van der Waals surface area contributed by atoms with Crippen molar-refractivity contribution >= 4 is 30.0 Å². The Morgan fingerprint density at radius 3 is 2.19 bits per heavy atom. The van der Waals surface area contributed by atoms with E-state index >= 15 is 0 Å². The highest BCUT2D eigenvalue weighted by atomic mass is 17.2. The summed E-state index contributed by atoms with van der Waals surface area (Å²) < 4.78 is 0. The molecule has 0 spiro atoms. The van der Waals surface area contributed by atoms with Crippen molar-refractivity contribution in [3.05, 3.63) is 77.6 Å². The molecule has 0 bridgehead atoms. The van der Waals surface area contributed by atoms with Crippen molar-refractivity contribution in [1.82, 2.24) is 35.3 Å². The summed E-state index contributed by atoms with van der Waals surface area (Å²) in [6.45, 7) is 17.0. The molecule has 6 rings (SSSR count). The summed E-state index contributed by atoms with van der Waals surface area (Å²) in [6, 6.07) is 15.6. The maximum atomic E-state index is 13.9. The zero-order chi connectivity index (χ0) is 40.6. The van der Waals surface area contributed by atoms with Crippen molar-refractivity contribution in [2.45, 2.75) is 83.6 Å². The molecule has 2 amide bonds. The molecule has 3 N–H and O–H groups in total. The maximum absolute atomic E-state index is 13.9. The number of carbonyl (C=O) groups is 2. The van der Waals surface area contributed by atoms with Gasteiger partial charge in [0.25, 0.3) is 5.96 Å². The van der Waals surface area contributed by atoms with Crippen LogP contribution in [-0.2, 0) is 19.4 Å². The second-order valence-electron chi connectivity index (χ2n) is 15.7. The van der Waals surface area contributed by atoms with E-state index in [0.29, 0.717) is 25.6 Å². The van der Waals surface area contributed by atoms with Crippen molar-refractivity contribution in [3.63, 3.8) is 0 Å². The average molecular weight is 778 g/mol. The van der Waals surface area contributed by atoms with Crippen molar-refractivity contribution in [1.29, 1.82) is 0 Å². The summed E-state index contributed by atoms with van der Waals surface area (Å²) in [6.07, 6.45) is 6.50. The number of imidazole rings is 1. The van der Waals surface area contributed by atoms with E-state index in [1.807, 2.05) is 43.7 Å². The Morgan fingerprint density at radius 2 is 1.58 bits per heavy atom. The summed E-state index contributed by atoms with van der Waals surface area (Å²) >= 11 is 0. The first-order valence-corrected chi connectivity index (χ1v) is 19.8. The predicted octanol–water partition coefficient (Wildman–Crippen LogP) is 5.44. The van der Waals surface area contributed by atoms with Gasteiger partial charge in [-0.05, 0) is 59.8 Å². The quantitative estimate of drug-likeness (QED) is 0.0682. The van der Waals surface area contributed by atoms with E-state index in [-0.39, 0.29) is 41.8 Å². The molecule has 0 saturated carbocycles. The molecular weight excluding hydrogens is 723 g/mol. The predicted molar refractivity (Wildman–Crippen MR) is 221 cm³/mol. The Labute approximate surface area is 335 Å². The van der Waals surface area contributed by atoms with Gasteiger partial charge >= 0.3 is 0 Å². The number of aromatic amines is 1. The third kappa shape index (κ3) is 9.28. The lowest BCUT2D eigenvalue weighted by Gasteiger charge is -2.31. The van der Waals surface area contributed by atoms with Gasteiger partial charge < -0.3 is 35.2 Å². The molecule has 302 valence electrons. The lowest BCUT2D eigenvalue weighted by atomic mass is 9.99. The van der Waals surface area contributed by atoms with Crippen LogP contribution in [0.4, 0.5) is 0 Å². The SMILES string of the molecule is [C-]#[N+]N=C(N[C@H](C(=O)N1CCC[C@H]1c1ncc(-c2ccc(-c3ccc(C4CN=C([C@@H]5CCCN5C(=O)[C@@H](/N=C\OOC)C(C)C)N4)cc3)cc2)[nH]1)C(C)C)N(C)C. The third-order valence-electron chi connectivity index (χ3n) is 10.9. The molecule has 5 atom stereocenters. The zero-order valence-electron chi connectivity index (χ0n) is 34.0. The molecule has 1 aromatic heterocycles. The number of rotatable bonds is 13. The van der Waals surface area contributed by atoms with Crippen molar-refractivity contribution in [2.75, 3.05) is 40.8 Å². The highest BCUT2D eigenvalue weighted by Gasteiger charge is 2.40. The van der Waals surface area contributed by atoms with Gasteiger partial charge in [-0.15, -0.1) is 4.95 Å². The fourth-order valence-electron chi connectivity index (χ4n) is 7.83.